The highest BCUT2D eigenvalue weighted by molar-refractivity contribution is 6.11. The molecule has 0 spiro atoms. The lowest BCUT2D eigenvalue weighted by atomic mass is 9.73. The maximum Gasteiger partial charge on any atom is 0.241 e. The molecular formula is C27H37N3O4. The molecule has 5 rings (SSSR count). The van der Waals surface area contributed by atoms with E-state index in [9.17, 15) is 14.4 Å². The molecule has 0 N–H and O–H groups in total. The van der Waals surface area contributed by atoms with Crippen LogP contribution in [0.3, 0.4) is 0 Å². The van der Waals surface area contributed by atoms with Gasteiger partial charge in [0.25, 0.3) is 0 Å². The summed E-state index contributed by atoms with van der Waals surface area (Å²) in [5.74, 6) is -0.271. The lowest BCUT2D eigenvalue weighted by Crippen LogP contribution is -2.51. The van der Waals surface area contributed by atoms with Crippen LogP contribution in [-0.2, 0) is 24.5 Å². The molecule has 0 radical (unpaired) electrons. The second-order valence-electron chi connectivity index (χ2n) is 10.5. The summed E-state index contributed by atoms with van der Waals surface area (Å²) < 4.78 is 5.48. The van der Waals surface area contributed by atoms with Crippen molar-refractivity contribution < 1.29 is 19.1 Å². The summed E-state index contributed by atoms with van der Waals surface area (Å²) in [6.07, 6.45) is 5.94. The highest BCUT2D eigenvalue weighted by atomic mass is 16.5. The number of aryl methyl sites for hydroxylation is 1. The molecule has 0 bridgehead atoms. The van der Waals surface area contributed by atoms with Gasteiger partial charge < -0.3 is 9.64 Å². The van der Waals surface area contributed by atoms with Gasteiger partial charge in [-0.1, -0.05) is 37.1 Å². The Morgan fingerprint density at radius 3 is 2.32 bits per heavy atom. The Morgan fingerprint density at radius 1 is 0.971 bits per heavy atom. The number of amides is 3. The summed E-state index contributed by atoms with van der Waals surface area (Å²) in [7, 11) is 0. The zero-order chi connectivity index (χ0) is 23.7. The number of likely N-dealkylation sites (tertiary alicyclic amines) is 2. The number of piperidine rings is 1. The number of nitrogens with zero attached hydrogens (tertiary/aromatic N) is 3. The van der Waals surface area contributed by atoms with E-state index in [0.717, 1.165) is 76.0 Å². The second kappa shape index (κ2) is 9.78. The Kier molecular flexibility index (Phi) is 6.76. The van der Waals surface area contributed by atoms with Gasteiger partial charge in [0.1, 0.15) is 0 Å². The number of ether oxygens (including phenoxy) is 1. The van der Waals surface area contributed by atoms with Gasteiger partial charge in [-0.05, 0) is 43.7 Å². The van der Waals surface area contributed by atoms with Gasteiger partial charge in [0.05, 0.1) is 18.6 Å². The van der Waals surface area contributed by atoms with Gasteiger partial charge in [0.15, 0.2) is 0 Å². The Bertz CT molecular complexity index is 930. The molecule has 34 heavy (non-hydrogen) atoms. The monoisotopic (exact) mass is 467 g/mol. The fourth-order valence-corrected chi connectivity index (χ4v) is 6.64. The quantitative estimate of drug-likeness (QED) is 0.623. The number of rotatable bonds is 5. The average molecular weight is 468 g/mol. The summed E-state index contributed by atoms with van der Waals surface area (Å²) in [4.78, 5) is 46.7. The number of carbonyl (C=O) groups excluding carboxylic acids is 3. The molecule has 3 amide bonds. The largest absolute Gasteiger partial charge is 0.379 e. The van der Waals surface area contributed by atoms with Crippen molar-refractivity contribution in [3.63, 3.8) is 0 Å². The zero-order valence-electron chi connectivity index (χ0n) is 20.3. The Morgan fingerprint density at radius 2 is 1.65 bits per heavy atom. The van der Waals surface area contributed by atoms with E-state index in [2.05, 4.69) is 4.90 Å². The molecule has 1 aromatic carbocycles. The predicted octanol–water partition coefficient (Wildman–Crippen LogP) is 2.65. The molecule has 1 aliphatic carbocycles. The molecule has 3 heterocycles. The molecule has 1 aromatic rings. The van der Waals surface area contributed by atoms with Crippen molar-refractivity contribution in [1.29, 1.82) is 0 Å². The standard InChI is InChI=1S/C27H37N3O4/c1-20-6-2-5-9-23(20)27(19-25(32)30(26(27)33)22-7-3-4-8-22)18-24(31)29-12-10-21(11-13-29)28-14-16-34-17-15-28/h2,5-6,9,21-22H,3-4,7-8,10-19H2,1H3/t27-/m1/s1. The van der Waals surface area contributed by atoms with E-state index in [0.29, 0.717) is 19.1 Å². The van der Waals surface area contributed by atoms with Crippen molar-refractivity contribution in [3.05, 3.63) is 35.4 Å². The summed E-state index contributed by atoms with van der Waals surface area (Å²) in [5.41, 5.74) is 0.726. The van der Waals surface area contributed by atoms with E-state index >= 15 is 0 Å². The lowest BCUT2D eigenvalue weighted by molar-refractivity contribution is -0.145. The normalized spacial score (nSPS) is 27.7. The minimum atomic E-state index is -1.08. The summed E-state index contributed by atoms with van der Waals surface area (Å²) in [6, 6.07) is 8.26. The Balaban J connectivity index is 1.35. The first-order valence-electron chi connectivity index (χ1n) is 13.0. The molecule has 184 valence electrons. The highest BCUT2D eigenvalue weighted by Gasteiger charge is 2.56. The topological polar surface area (TPSA) is 70.2 Å². The third-order valence-corrected chi connectivity index (χ3v) is 8.53. The van der Waals surface area contributed by atoms with Crippen LogP contribution in [-0.4, -0.2) is 83.9 Å². The predicted molar refractivity (Wildman–Crippen MR) is 128 cm³/mol. The molecule has 7 nitrogen and oxygen atoms in total. The van der Waals surface area contributed by atoms with E-state index in [1.165, 1.54) is 4.90 Å². The number of benzene rings is 1. The second-order valence-corrected chi connectivity index (χ2v) is 10.5. The fraction of sp³-hybridized carbons (Fsp3) is 0.667. The molecule has 3 aliphatic heterocycles. The third-order valence-electron chi connectivity index (χ3n) is 8.53. The van der Waals surface area contributed by atoms with Gasteiger partial charge in [0, 0.05) is 51.1 Å². The van der Waals surface area contributed by atoms with E-state index in [-0.39, 0.29) is 36.6 Å². The van der Waals surface area contributed by atoms with Gasteiger partial charge in [-0.2, -0.15) is 0 Å². The Hall–Kier alpha value is -2.25. The summed E-state index contributed by atoms with van der Waals surface area (Å²) in [5, 5.41) is 0. The molecule has 0 aromatic heterocycles. The minimum absolute atomic E-state index is 0.00176. The van der Waals surface area contributed by atoms with Crippen molar-refractivity contribution >= 4 is 17.7 Å². The van der Waals surface area contributed by atoms with Gasteiger partial charge in [-0.25, -0.2) is 0 Å². The van der Waals surface area contributed by atoms with Gasteiger partial charge in [-0.15, -0.1) is 0 Å². The van der Waals surface area contributed by atoms with Crippen LogP contribution >= 0.6 is 0 Å². The number of hydrogen-bond donors (Lipinski definition) is 0. The van der Waals surface area contributed by atoms with Gasteiger partial charge in [-0.3, -0.25) is 24.2 Å². The first-order valence-corrected chi connectivity index (χ1v) is 13.0. The smallest absolute Gasteiger partial charge is 0.241 e. The van der Waals surface area contributed by atoms with E-state index in [1.54, 1.807) is 0 Å². The molecule has 3 saturated heterocycles. The van der Waals surface area contributed by atoms with Crippen LogP contribution in [0.1, 0.15) is 62.5 Å². The zero-order valence-corrected chi connectivity index (χ0v) is 20.3. The Labute approximate surface area is 202 Å². The van der Waals surface area contributed by atoms with Crippen molar-refractivity contribution in [3.8, 4) is 0 Å². The molecular weight excluding hydrogens is 430 g/mol. The van der Waals surface area contributed by atoms with Gasteiger partial charge >= 0.3 is 0 Å². The SMILES string of the molecule is Cc1ccccc1[C@@]1(CC(=O)N2CCC(N3CCOCC3)CC2)CC(=O)N(C2CCCC2)C1=O. The van der Waals surface area contributed by atoms with Crippen LogP contribution in [0.15, 0.2) is 24.3 Å². The molecule has 4 aliphatic rings. The van der Waals surface area contributed by atoms with E-state index in [1.807, 2.05) is 36.1 Å². The number of hydrogen-bond acceptors (Lipinski definition) is 5. The van der Waals surface area contributed by atoms with Crippen molar-refractivity contribution in [2.45, 2.75) is 75.8 Å². The number of carbonyl (C=O) groups is 3. The first-order chi connectivity index (χ1) is 16.5. The molecule has 1 saturated carbocycles. The molecule has 4 fully saturated rings. The average Bonchev–Trinajstić information content (AvgIpc) is 3.46. The van der Waals surface area contributed by atoms with Gasteiger partial charge in [0.2, 0.25) is 17.7 Å². The van der Waals surface area contributed by atoms with E-state index in [4.69, 9.17) is 4.74 Å². The van der Waals surface area contributed by atoms with Crippen LogP contribution in [0, 0.1) is 6.92 Å². The van der Waals surface area contributed by atoms with Crippen LogP contribution < -0.4 is 0 Å². The maximum absolute atomic E-state index is 14.0. The van der Waals surface area contributed by atoms with Crippen LogP contribution in [0.5, 0.6) is 0 Å². The third kappa shape index (κ3) is 4.29. The summed E-state index contributed by atoms with van der Waals surface area (Å²) in [6.45, 7) is 6.88. The molecule has 1 atom stereocenters. The number of imide groups is 1. The maximum atomic E-state index is 14.0. The molecule has 7 heteroatoms. The highest BCUT2D eigenvalue weighted by Crippen LogP contribution is 2.44. The van der Waals surface area contributed by atoms with E-state index < -0.39 is 5.41 Å². The number of morpholine rings is 1. The minimum Gasteiger partial charge on any atom is -0.379 e. The molecule has 0 unspecified atom stereocenters. The van der Waals surface area contributed by atoms with Crippen LogP contribution in [0.25, 0.3) is 0 Å². The van der Waals surface area contributed by atoms with Crippen molar-refractivity contribution in [2.75, 3.05) is 39.4 Å². The van der Waals surface area contributed by atoms with Crippen LogP contribution in [0.4, 0.5) is 0 Å². The van der Waals surface area contributed by atoms with Crippen molar-refractivity contribution in [1.82, 2.24) is 14.7 Å². The fourth-order valence-electron chi connectivity index (χ4n) is 6.64. The van der Waals surface area contributed by atoms with Crippen molar-refractivity contribution in [2.24, 2.45) is 0 Å². The summed E-state index contributed by atoms with van der Waals surface area (Å²) >= 11 is 0. The van der Waals surface area contributed by atoms with Crippen LogP contribution in [0.2, 0.25) is 0 Å². The lowest BCUT2D eigenvalue weighted by Gasteiger charge is -2.41. The first kappa shape index (κ1) is 23.5.